The number of carbonyl (C=O) groups is 2. The van der Waals surface area contributed by atoms with Crippen molar-refractivity contribution in [2.24, 2.45) is 0 Å². The van der Waals surface area contributed by atoms with Gasteiger partial charge in [0.05, 0.1) is 24.5 Å². The molecule has 148 valence electrons. The number of aromatic nitrogens is 4. The van der Waals surface area contributed by atoms with Crippen molar-refractivity contribution >= 4 is 23.5 Å². The van der Waals surface area contributed by atoms with E-state index in [0.29, 0.717) is 11.6 Å². The summed E-state index contributed by atoms with van der Waals surface area (Å²) in [5, 5.41) is 13.9. The van der Waals surface area contributed by atoms with E-state index in [2.05, 4.69) is 20.8 Å². The lowest BCUT2D eigenvalue weighted by Gasteiger charge is -2.15. The Balaban J connectivity index is 1.78. The molecule has 2 aromatic heterocycles. The van der Waals surface area contributed by atoms with E-state index in [9.17, 15) is 9.59 Å². The van der Waals surface area contributed by atoms with Crippen molar-refractivity contribution in [2.75, 3.05) is 23.8 Å². The number of anilines is 2. The number of ether oxygens (including phenoxy) is 1. The Morgan fingerprint density at radius 1 is 0.926 bits per heavy atom. The van der Waals surface area contributed by atoms with Crippen LogP contribution in [-0.4, -0.2) is 44.6 Å². The molecular weight excluding hydrogens is 348 g/mol. The van der Waals surface area contributed by atoms with Crippen molar-refractivity contribution in [3.05, 3.63) is 24.5 Å². The molecule has 0 spiro atoms. The van der Waals surface area contributed by atoms with E-state index in [1.54, 1.807) is 33.9 Å². The Morgan fingerprint density at radius 2 is 1.33 bits per heavy atom. The molecule has 27 heavy (non-hydrogen) atoms. The van der Waals surface area contributed by atoms with E-state index < -0.39 is 0 Å². The van der Waals surface area contributed by atoms with Crippen LogP contribution >= 0.6 is 0 Å². The molecule has 2 aromatic rings. The summed E-state index contributed by atoms with van der Waals surface area (Å²) in [4.78, 5) is 24.1. The predicted octanol–water partition coefficient (Wildman–Crippen LogP) is 2.62. The van der Waals surface area contributed by atoms with E-state index in [-0.39, 0.29) is 37.1 Å². The number of hydrogen-bond donors (Lipinski definition) is 2. The maximum Gasteiger partial charge on any atom is 0.251 e. The predicted molar refractivity (Wildman–Crippen MR) is 103 cm³/mol. The van der Waals surface area contributed by atoms with Gasteiger partial charge in [-0.3, -0.25) is 9.59 Å². The molecule has 0 radical (unpaired) electrons. The molecule has 2 N–H and O–H groups in total. The molecular formula is C18H28N6O3. The molecule has 0 aliphatic rings. The van der Waals surface area contributed by atoms with Crippen LogP contribution in [0.1, 0.15) is 52.6 Å². The minimum atomic E-state index is -0.336. The highest BCUT2D eigenvalue weighted by molar-refractivity contribution is 5.92. The van der Waals surface area contributed by atoms with Crippen molar-refractivity contribution in [2.45, 2.75) is 52.6 Å². The fraction of sp³-hybridized carbons (Fsp3) is 0.556. The minimum absolute atomic E-state index is 0.178. The zero-order valence-electron chi connectivity index (χ0n) is 16.3. The smallest absolute Gasteiger partial charge is 0.251 e. The second-order valence-electron chi connectivity index (χ2n) is 6.43. The third-order valence-corrected chi connectivity index (χ3v) is 4.36. The summed E-state index contributed by atoms with van der Waals surface area (Å²) in [5.74, 6) is 0.551. The molecule has 0 aliphatic carbocycles. The van der Waals surface area contributed by atoms with Gasteiger partial charge in [0.2, 0.25) is 0 Å². The number of nitrogens with zero attached hydrogens (tertiary/aromatic N) is 4. The van der Waals surface area contributed by atoms with Crippen LogP contribution < -0.4 is 10.6 Å². The molecule has 2 heterocycles. The summed E-state index contributed by atoms with van der Waals surface area (Å²) in [6.45, 7) is 7.70. The lowest BCUT2D eigenvalue weighted by molar-refractivity contribution is -0.125. The quantitative estimate of drug-likeness (QED) is 0.663. The van der Waals surface area contributed by atoms with Crippen LogP contribution in [0.3, 0.4) is 0 Å². The third-order valence-electron chi connectivity index (χ3n) is 4.36. The lowest BCUT2D eigenvalue weighted by atomic mass is 10.3. The molecule has 2 rings (SSSR count). The van der Waals surface area contributed by atoms with Gasteiger partial charge in [0, 0.05) is 12.1 Å². The second-order valence-corrected chi connectivity index (χ2v) is 6.43. The van der Waals surface area contributed by atoms with Crippen LogP contribution in [0.15, 0.2) is 24.5 Å². The van der Waals surface area contributed by atoms with Crippen LogP contribution in [0.25, 0.3) is 0 Å². The van der Waals surface area contributed by atoms with Gasteiger partial charge in [-0.2, -0.15) is 10.2 Å². The van der Waals surface area contributed by atoms with Crippen molar-refractivity contribution in [1.29, 1.82) is 0 Å². The standard InChI is InChI=1S/C18H28N6O3/c1-5-13(3)23-15(7-9-19-23)21-17(25)11-27-12-18(26)22-16-8-10-20-24(16)14(4)6-2/h7-10,13-14H,5-6,11-12H2,1-4H3,(H,21,25)(H,22,26). The maximum absolute atomic E-state index is 12.0. The van der Waals surface area contributed by atoms with Crippen LogP contribution in [0.4, 0.5) is 11.6 Å². The zero-order valence-corrected chi connectivity index (χ0v) is 16.3. The summed E-state index contributed by atoms with van der Waals surface area (Å²) in [7, 11) is 0. The Morgan fingerprint density at radius 3 is 1.70 bits per heavy atom. The molecule has 0 saturated carbocycles. The van der Waals surface area contributed by atoms with Crippen LogP contribution in [-0.2, 0) is 14.3 Å². The molecule has 0 fully saturated rings. The fourth-order valence-electron chi connectivity index (χ4n) is 2.47. The Labute approximate surface area is 159 Å². The molecule has 0 aromatic carbocycles. The van der Waals surface area contributed by atoms with Gasteiger partial charge in [-0.05, 0) is 26.7 Å². The minimum Gasteiger partial charge on any atom is -0.362 e. The maximum atomic E-state index is 12.0. The average Bonchev–Trinajstić information content (AvgIpc) is 3.29. The van der Waals surface area contributed by atoms with Gasteiger partial charge in [0.25, 0.3) is 11.8 Å². The van der Waals surface area contributed by atoms with Crippen molar-refractivity contribution < 1.29 is 14.3 Å². The second kappa shape index (κ2) is 9.86. The monoisotopic (exact) mass is 376 g/mol. The normalized spacial score (nSPS) is 13.2. The molecule has 2 atom stereocenters. The molecule has 9 heteroatoms. The molecule has 0 aliphatic heterocycles. The van der Waals surface area contributed by atoms with Gasteiger partial charge in [0.1, 0.15) is 24.8 Å². The lowest BCUT2D eigenvalue weighted by Crippen LogP contribution is -2.26. The molecule has 2 amide bonds. The van der Waals surface area contributed by atoms with E-state index in [0.717, 1.165) is 12.8 Å². The molecule has 2 unspecified atom stereocenters. The first kappa shape index (κ1) is 20.6. The molecule has 0 saturated heterocycles. The SMILES string of the molecule is CCC(C)n1nccc1NC(=O)COCC(=O)Nc1ccnn1C(C)CC. The van der Waals surface area contributed by atoms with Crippen LogP contribution in [0.5, 0.6) is 0 Å². The first-order valence-corrected chi connectivity index (χ1v) is 9.20. The third kappa shape index (κ3) is 5.65. The highest BCUT2D eigenvalue weighted by atomic mass is 16.5. The van der Waals surface area contributed by atoms with Crippen LogP contribution in [0, 0.1) is 0 Å². The summed E-state index contributed by atoms with van der Waals surface area (Å²) >= 11 is 0. The number of nitrogens with one attached hydrogen (secondary N) is 2. The van der Waals surface area contributed by atoms with Gasteiger partial charge < -0.3 is 15.4 Å². The van der Waals surface area contributed by atoms with E-state index >= 15 is 0 Å². The topological polar surface area (TPSA) is 103 Å². The summed E-state index contributed by atoms with van der Waals surface area (Å²) in [5.41, 5.74) is 0. The van der Waals surface area contributed by atoms with Gasteiger partial charge in [-0.25, -0.2) is 9.36 Å². The number of amides is 2. The summed E-state index contributed by atoms with van der Waals surface area (Å²) in [6, 6.07) is 3.81. The summed E-state index contributed by atoms with van der Waals surface area (Å²) in [6.07, 6.45) is 5.07. The van der Waals surface area contributed by atoms with Gasteiger partial charge in [0.15, 0.2) is 0 Å². The number of hydrogen-bond acceptors (Lipinski definition) is 5. The Kier molecular flexibility index (Phi) is 7.54. The number of carbonyl (C=O) groups excluding carboxylic acids is 2. The van der Waals surface area contributed by atoms with Crippen molar-refractivity contribution in [1.82, 2.24) is 19.6 Å². The summed E-state index contributed by atoms with van der Waals surface area (Å²) < 4.78 is 8.73. The van der Waals surface area contributed by atoms with Crippen molar-refractivity contribution in [3.8, 4) is 0 Å². The first-order chi connectivity index (χ1) is 13.0. The highest BCUT2D eigenvalue weighted by Gasteiger charge is 2.13. The zero-order chi connectivity index (χ0) is 19.8. The van der Waals surface area contributed by atoms with E-state index in [1.165, 1.54) is 0 Å². The number of rotatable bonds is 10. The highest BCUT2D eigenvalue weighted by Crippen LogP contribution is 2.17. The Hall–Kier alpha value is -2.68. The largest absolute Gasteiger partial charge is 0.362 e. The molecule has 0 bridgehead atoms. The fourth-order valence-corrected chi connectivity index (χ4v) is 2.47. The first-order valence-electron chi connectivity index (χ1n) is 9.20. The van der Waals surface area contributed by atoms with Gasteiger partial charge in [-0.15, -0.1) is 0 Å². The molecule has 9 nitrogen and oxygen atoms in total. The van der Waals surface area contributed by atoms with Gasteiger partial charge >= 0.3 is 0 Å². The van der Waals surface area contributed by atoms with Crippen molar-refractivity contribution in [3.63, 3.8) is 0 Å². The van der Waals surface area contributed by atoms with E-state index in [4.69, 9.17) is 4.74 Å². The average molecular weight is 376 g/mol. The Bertz CT molecular complexity index is 692. The van der Waals surface area contributed by atoms with E-state index in [1.807, 2.05) is 27.7 Å². The van der Waals surface area contributed by atoms with Crippen LogP contribution in [0.2, 0.25) is 0 Å². The van der Waals surface area contributed by atoms with Gasteiger partial charge in [-0.1, -0.05) is 13.8 Å².